The first-order chi connectivity index (χ1) is 15.9. The first-order valence-electron chi connectivity index (χ1n) is 10.0. The Balaban J connectivity index is 1.31. The molecule has 0 spiro atoms. The Morgan fingerprint density at radius 3 is 2.36 bits per heavy atom. The summed E-state index contributed by atoms with van der Waals surface area (Å²) in [5.74, 6) is 1.12. The lowest BCUT2D eigenvalue weighted by atomic mass is 10.1. The lowest BCUT2D eigenvalue weighted by molar-refractivity contribution is 0.292. The molecule has 0 bridgehead atoms. The van der Waals surface area contributed by atoms with E-state index in [9.17, 15) is 8.42 Å². The Labute approximate surface area is 194 Å². The fourth-order valence-electron chi connectivity index (χ4n) is 3.47. The topological polar surface area (TPSA) is 98.5 Å². The molecule has 0 aliphatic heterocycles. The van der Waals surface area contributed by atoms with Gasteiger partial charge in [-0.05, 0) is 55.5 Å². The average molecular weight is 480 g/mol. The van der Waals surface area contributed by atoms with Crippen molar-refractivity contribution >= 4 is 43.7 Å². The molecule has 5 rings (SSSR count). The van der Waals surface area contributed by atoms with Crippen LogP contribution in [0.2, 0.25) is 5.02 Å². The summed E-state index contributed by atoms with van der Waals surface area (Å²) in [4.78, 5) is 0.126. The maximum Gasteiger partial charge on any atom is 0.261 e. The van der Waals surface area contributed by atoms with Gasteiger partial charge >= 0.3 is 0 Å². The summed E-state index contributed by atoms with van der Waals surface area (Å²) in [6.45, 7) is 2.10. The van der Waals surface area contributed by atoms with Gasteiger partial charge in [0.15, 0.2) is 11.5 Å². The number of nitrogens with one attached hydrogen (secondary N) is 1. The lowest BCUT2D eigenvalue weighted by Crippen LogP contribution is -2.12. The van der Waals surface area contributed by atoms with Gasteiger partial charge in [-0.2, -0.15) is 9.61 Å². The number of benzene rings is 3. The van der Waals surface area contributed by atoms with Crippen LogP contribution in [0.5, 0.6) is 5.75 Å². The fourth-order valence-corrected chi connectivity index (χ4v) is 4.65. The van der Waals surface area contributed by atoms with E-state index < -0.39 is 10.0 Å². The second kappa shape index (κ2) is 8.34. The van der Waals surface area contributed by atoms with E-state index in [1.807, 2.05) is 31.2 Å². The van der Waals surface area contributed by atoms with Crippen molar-refractivity contribution in [1.29, 1.82) is 0 Å². The van der Waals surface area contributed by atoms with Crippen LogP contribution in [0.3, 0.4) is 0 Å². The number of nitrogens with zero attached hydrogens (tertiary/aromatic N) is 4. The Morgan fingerprint density at radius 1 is 0.939 bits per heavy atom. The van der Waals surface area contributed by atoms with E-state index >= 15 is 0 Å². The molecule has 2 heterocycles. The predicted octanol–water partition coefficient (Wildman–Crippen LogP) is 4.62. The van der Waals surface area contributed by atoms with Gasteiger partial charge in [0.25, 0.3) is 10.0 Å². The van der Waals surface area contributed by atoms with Gasteiger partial charge in [-0.15, -0.1) is 10.2 Å². The van der Waals surface area contributed by atoms with Crippen LogP contribution in [0.15, 0.2) is 77.7 Å². The first kappa shape index (κ1) is 21.2. The van der Waals surface area contributed by atoms with Crippen LogP contribution < -0.4 is 9.46 Å². The normalized spacial score (nSPS) is 11.7. The summed E-state index contributed by atoms with van der Waals surface area (Å²) in [7, 11) is -3.72. The first-order valence-corrected chi connectivity index (χ1v) is 11.9. The van der Waals surface area contributed by atoms with Gasteiger partial charge in [-0.25, -0.2) is 8.42 Å². The van der Waals surface area contributed by atoms with Crippen LogP contribution in [-0.2, 0) is 16.6 Å². The van der Waals surface area contributed by atoms with Gasteiger partial charge in [-0.3, -0.25) is 4.72 Å². The molecule has 1 N–H and O–H groups in total. The highest BCUT2D eigenvalue weighted by atomic mass is 35.5. The molecule has 3 aromatic carbocycles. The number of rotatable bonds is 6. The molecule has 0 aliphatic rings. The summed E-state index contributed by atoms with van der Waals surface area (Å²) in [5.41, 5.74) is 1.95. The van der Waals surface area contributed by atoms with Gasteiger partial charge < -0.3 is 4.74 Å². The summed E-state index contributed by atoms with van der Waals surface area (Å²) >= 11 is 5.83. The minimum atomic E-state index is -3.72. The number of anilines is 1. The Kier molecular flexibility index (Phi) is 5.35. The molecule has 0 saturated heterocycles. The quantitative estimate of drug-likeness (QED) is 0.381. The molecule has 0 amide bonds. The highest BCUT2D eigenvalue weighted by Gasteiger charge is 2.15. The van der Waals surface area contributed by atoms with Crippen molar-refractivity contribution in [3.8, 4) is 5.75 Å². The molecule has 166 valence electrons. The maximum atomic E-state index is 12.5. The van der Waals surface area contributed by atoms with Crippen LogP contribution in [0.25, 0.3) is 16.4 Å². The zero-order chi connectivity index (χ0) is 23.0. The number of fused-ring (bicyclic) bond motifs is 3. The third-order valence-electron chi connectivity index (χ3n) is 5.11. The summed E-state index contributed by atoms with van der Waals surface area (Å²) in [5, 5.41) is 15.6. The smallest absolute Gasteiger partial charge is 0.261 e. The van der Waals surface area contributed by atoms with E-state index in [-0.39, 0.29) is 11.5 Å². The molecule has 0 unspecified atom stereocenters. The highest BCUT2D eigenvalue weighted by Crippen LogP contribution is 2.23. The SMILES string of the molecule is Cc1nn2c(COc3ccc(NS(=O)(=O)c4ccc(Cl)cc4)cc3)nnc2c2ccccc12. The molecular weight excluding hydrogens is 462 g/mol. The van der Waals surface area contributed by atoms with Crippen LogP contribution >= 0.6 is 11.6 Å². The average Bonchev–Trinajstić information content (AvgIpc) is 3.22. The Hall–Kier alpha value is -3.69. The van der Waals surface area contributed by atoms with Crippen LogP contribution in [0.4, 0.5) is 5.69 Å². The molecule has 5 aromatic rings. The van der Waals surface area contributed by atoms with Gasteiger partial charge in [0.2, 0.25) is 0 Å². The number of ether oxygens (including phenoxy) is 1. The molecule has 8 nitrogen and oxygen atoms in total. The van der Waals surface area contributed by atoms with E-state index in [0.29, 0.717) is 27.9 Å². The molecule has 0 saturated carbocycles. The van der Waals surface area contributed by atoms with Gasteiger partial charge in [-0.1, -0.05) is 35.9 Å². The second-order valence-electron chi connectivity index (χ2n) is 7.36. The van der Waals surface area contributed by atoms with Crippen molar-refractivity contribution in [3.05, 3.63) is 89.3 Å². The molecule has 2 aromatic heterocycles. The second-order valence-corrected chi connectivity index (χ2v) is 9.47. The third-order valence-corrected chi connectivity index (χ3v) is 6.76. The van der Waals surface area contributed by atoms with Gasteiger partial charge in [0, 0.05) is 21.5 Å². The minimum absolute atomic E-state index is 0.126. The fraction of sp³-hybridized carbons (Fsp3) is 0.0870. The van der Waals surface area contributed by atoms with Crippen molar-refractivity contribution in [2.75, 3.05) is 4.72 Å². The predicted molar refractivity (Wildman–Crippen MR) is 126 cm³/mol. The number of hydrogen-bond donors (Lipinski definition) is 1. The molecule has 0 aliphatic carbocycles. The number of hydrogen-bond acceptors (Lipinski definition) is 6. The zero-order valence-corrected chi connectivity index (χ0v) is 19.0. The molecular formula is C23H18ClN5O3S. The molecule has 33 heavy (non-hydrogen) atoms. The molecule has 0 fully saturated rings. The van der Waals surface area contributed by atoms with E-state index in [4.69, 9.17) is 16.3 Å². The van der Waals surface area contributed by atoms with Crippen molar-refractivity contribution in [2.45, 2.75) is 18.4 Å². The number of aryl methyl sites for hydroxylation is 1. The van der Waals surface area contributed by atoms with Crippen LogP contribution in [0, 0.1) is 6.92 Å². The van der Waals surface area contributed by atoms with Crippen molar-refractivity contribution < 1.29 is 13.2 Å². The number of aromatic nitrogens is 4. The Bertz CT molecular complexity index is 1570. The Morgan fingerprint density at radius 2 is 1.64 bits per heavy atom. The van der Waals surface area contributed by atoms with E-state index in [0.717, 1.165) is 16.5 Å². The standard InChI is InChI=1S/C23H18ClN5O3S/c1-15-20-4-2-3-5-21(20)23-26-25-22(29(23)27-15)14-32-18-10-8-17(9-11-18)28-33(30,31)19-12-6-16(24)7-13-19/h2-13,28H,14H2,1H3. The van der Waals surface area contributed by atoms with E-state index in [1.165, 1.54) is 24.3 Å². The van der Waals surface area contributed by atoms with Crippen molar-refractivity contribution in [3.63, 3.8) is 0 Å². The monoisotopic (exact) mass is 479 g/mol. The molecule has 10 heteroatoms. The highest BCUT2D eigenvalue weighted by molar-refractivity contribution is 7.92. The van der Waals surface area contributed by atoms with Gasteiger partial charge in [0.1, 0.15) is 12.4 Å². The van der Waals surface area contributed by atoms with Crippen LogP contribution in [0.1, 0.15) is 11.5 Å². The van der Waals surface area contributed by atoms with Crippen molar-refractivity contribution in [2.24, 2.45) is 0 Å². The van der Waals surface area contributed by atoms with Crippen LogP contribution in [-0.4, -0.2) is 28.2 Å². The third kappa shape index (κ3) is 4.20. The number of halogens is 1. The minimum Gasteiger partial charge on any atom is -0.486 e. The lowest BCUT2D eigenvalue weighted by Gasteiger charge is -2.10. The number of sulfonamides is 1. The molecule has 0 atom stereocenters. The van der Waals surface area contributed by atoms with E-state index in [1.54, 1.807) is 28.8 Å². The van der Waals surface area contributed by atoms with E-state index in [2.05, 4.69) is 20.0 Å². The molecule has 0 radical (unpaired) electrons. The van der Waals surface area contributed by atoms with Gasteiger partial charge in [0.05, 0.1) is 10.6 Å². The largest absolute Gasteiger partial charge is 0.486 e. The van der Waals surface area contributed by atoms with Crippen molar-refractivity contribution in [1.82, 2.24) is 19.8 Å². The summed E-state index contributed by atoms with van der Waals surface area (Å²) in [6, 6.07) is 20.5. The maximum absolute atomic E-state index is 12.5. The zero-order valence-electron chi connectivity index (χ0n) is 17.4. The summed E-state index contributed by atoms with van der Waals surface area (Å²) < 4.78 is 35.1. The summed E-state index contributed by atoms with van der Waals surface area (Å²) in [6.07, 6.45) is 0.